The van der Waals surface area contributed by atoms with Gasteiger partial charge in [-0.1, -0.05) is 41.9 Å². The molecule has 126 valence electrons. The van der Waals surface area contributed by atoms with Crippen LogP contribution in [0.2, 0.25) is 5.02 Å². The number of nitrogens with one attached hydrogen (secondary N) is 1. The number of carbonyl (C=O) groups is 2. The van der Waals surface area contributed by atoms with Crippen LogP contribution in [0.15, 0.2) is 36.4 Å². The van der Waals surface area contributed by atoms with E-state index in [4.69, 9.17) is 16.3 Å². The SMILES string of the molecule is Cc1cc(C)c(NC(=O)COC(=O)Cc2ccccc2C)c(Cl)c1. The molecule has 0 heterocycles. The molecule has 0 spiro atoms. The van der Waals surface area contributed by atoms with E-state index in [2.05, 4.69) is 5.32 Å². The fourth-order valence-corrected chi connectivity index (χ4v) is 2.78. The zero-order valence-corrected chi connectivity index (χ0v) is 14.7. The second-order valence-electron chi connectivity index (χ2n) is 5.75. The van der Waals surface area contributed by atoms with Crippen molar-refractivity contribution in [3.63, 3.8) is 0 Å². The van der Waals surface area contributed by atoms with Crippen molar-refractivity contribution in [2.45, 2.75) is 27.2 Å². The number of amides is 1. The molecule has 0 aliphatic carbocycles. The summed E-state index contributed by atoms with van der Waals surface area (Å²) in [6, 6.07) is 11.3. The van der Waals surface area contributed by atoms with Crippen molar-refractivity contribution in [3.8, 4) is 0 Å². The van der Waals surface area contributed by atoms with Gasteiger partial charge in [-0.2, -0.15) is 0 Å². The number of benzene rings is 2. The third-order valence-electron chi connectivity index (χ3n) is 3.66. The van der Waals surface area contributed by atoms with E-state index in [-0.39, 0.29) is 13.0 Å². The van der Waals surface area contributed by atoms with Gasteiger partial charge in [0.2, 0.25) is 0 Å². The lowest BCUT2D eigenvalue weighted by Crippen LogP contribution is -2.22. The van der Waals surface area contributed by atoms with Crippen LogP contribution in [0.3, 0.4) is 0 Å². The molecule has 2 rings (SSSR count). The summed E-state index contributed by atoms with van der Waals surface area (Å²) in [5.41, 5.74) is 4.32. The van der Waals surface area contributed by atoms with Crippen molar-refractivity contribution < 1.29 is 14.3 Å². The van der Waals surface area contributed by atoms with Gasteiger partial charge in [-0.15, -0.1) is 0 Å². The van der Waals surface area contributed by atoms with Crippen LogP contribution in [-0.4, -0.2) is 18.5 Å². The highest BCUT2D eigenvalue weighted by Gasteiger charge is 2.13. The Morgan fingerprint density at radius 2 is 1.79 bits per heavy atom. The summed E-state index contributed by atoms with van der Waals surface area (Å²) in [5, 5.41) is 3.15. The van der Waals surface area contributed by atoms with Crippen molar-refractivity contribution in [1.82, 2.24) is 0 Å². The molecule has 1 N–H and O–H groups in total. The van der Waals surface area contributed by atoms with E-state index in [1.165, 1.54) is 0 Å². The van der Waals surface area contributed by atoms with E-state index in [0.717, 1.165) is 22.3 Å². The number of hydrogen-bond donors (Lipinski definition) is 1. The van der Waals surface area contributed by atoms with Gasteiger partial charge >= 0.3 is 5.97 Å². The highest BCUT2D eigenvalue weighted by molar-refractivity contribution is 6.34. The first kappa shape index (κ1) is 18.0. The fraction of sp³-hybridized carbons (Fsp3) is 0.263. The Balaban J connectivity index is 1.90. The van der Waals surface area contributed by atoms with Crippen molar-refractivity contribution in [1.29, 1.82) is 0 Å². The first-order chi connectivity index (χ1) is 11.4. The second-order valence-corrected chi connectivity index (χ2v) is 6.16. The van der Waals surface area contributed by atoms with Crippen LogP contribution in [0, 0.1) is 20.8 Å². The smallest absolute Gasteiger partial charge is 0.310 e. The van der Waals surface area contributed by atoms with Gasteiger partial charge in [0.1, 0.15) is 0 Å². The molecule has 5 heteroatoms. The van der Waals surface area contributed by atoms with Crippen LogP contribution >= 0.6 is 11.6 Å². The Morgan fingerprint density at radius 3 is 2.46 bits per heavy atom. The third kappa shape index (κ3) is 4.83. The Labute approximate surface area is 146 Å². The minimum atomic E-state index is -0.439. The van der Waals surface area contributed by atoms with Crippen molar-refractivity contribution >= 4 is 29.2 Å². The molecule has 0 aliphatic heterocycles. The quantitative estimate of drug-likeness (QED) is 0.833. The van der Waals surface area contributed by atoms with E-state index in [0.29, 0.717) is 10.7 Å². The highest BCUT2D eigenvalue weighted by atomic mass is 35.5. The average Bonchev–Trinajstić information content (AvgIpc) is 2.51. The Morgan fingerprint density at radius 1 is 1.08 bits per heavy atom. The summed E-state index contributed by atoms with van der Waals surface area (Å²) in [5.74, 6) is -0.854. The second kappa shape index (κ2) is 7.97. The molecule has 2 aromatic carbocycles. The predicted octanol–water partition coefficient (Wildman–Crippen LogP) is 3.99. The van der Waals surface area contributed by atoms with Gasteiger partial charge in [-0.05, 0) is 49.1 Å². The number of carbonyl (C=O) groups excluding carboxylic acids is 2. The summed E-state index contributed by atoms with van der Waals surface area (Å²) >= 11 is 6.14. The van der Waals surface area contributed by atoms with Crippen LogP contribution in [0.4, 0.5) is 5.69 Å². The largest absolute Gasteiger partial charge is 0.455 e. The lowest BCUT2D eigenvalue weighted by Gasteiger charge is -2.12. The summed E-state index contributed by atoms with van der Waals surface area (Å²) in [6.45, 7) is 5.38. The first-order valence-electron chi connectivity index (χ1n) is 7.63. The third-order valence-corrected chi connectivity index (χ3v) is 3.95. The summed E-state index contributed by atoms with van der Waals surface area (Å²) in [6.07, 6.45) is 0.143. The maximum Gasteiger partial charge on any atom is 0.310 e. The minimum Gasteiger partial charge on any atom is -0.455 e. The number of ether oxygens (including phenoxy) is 1. The molecule has 0 radical (unpaired) electrons. The lowest BCUT2D eigenvalue weighted by molar-refractivity contribution is -0.146. The molecule has 1 amide bonds. The molecule has 0 aliphatic rings. The molecule has 0 unspecified atom stereocenters. The summed E-state index contributed by atoms with van der Waals surface area (Å²) in [4.78, 5) is 23.9. The molecule has 0 saturated carbocycles. The zero-order chi connectivity index (χ0) is 17.7. The van der Waals surface area contributed by atoms with E-state index < -0.39 is 11.9 Å². The van der Waals surface area contributed by atoms with Gasteiger partial charge in [0, 0.05) is 0 Å². The van der Waals surface area contributed by atoms with Gasteiger partial charge in [0.25, 0.3) is 5.91 Å². The van der Waals surface area contributed by atoms with Crippen molar-refractivity contribution in [3.05, 3.63) is 63.7 Å². The van der Waals surface area contributed by atoms with Crippen LogP contribution in [-0.2, 0) is 20.7 Å². The van der Waals surface area contributed by atoms with E-state index >= 15 is 0 Å². The molecule has 4 nitrogen and oxygen atoms in total. The molecule has 24 heavy (non-hydrogen) atoms. The molecule has 0 fully saturated rings. The normalized spacial score (nSPS) is 10.3. The maximum atomic E-state index is 12.0. The molecule has 0 aromatic heterocycles. The predicted molar refractivity (Wildman–Crippen MR) is 95.4 cm³/mol. The molecule has 2 aromatic rings. The monoisotopic (exact) mass is 345 g/mol. The van der Waals surface area contributed by atoms with Crippen LogP contribution < -0.4 is 5.32 Å². The molecular weight excluding hydrogens is 326 g/mol. The summed E-state index contributed by atoms with van der Waals surface area (Å²) < 4.78 is 5.04. The number of rotatable bonds is 5. The number of aryl methyl sites for hydroxylation is 3. The molecular formula is C19H20ClNO3. The molecule has 0 saturated heterocycles. The number of anilines is 1. The first-order valence-corrected chi connectivity index (χ1v) is 8.01. The lowest BCUT2D eigenvalue weighted by atomic mass is 10.1. The van der Waals surface area contributed by atoms with Gasteiger partial charge < -0.3 is 10.1 Å². The van der Waals surface area contributed by atoms with E-state index in [1.807, 2.05) is 51.1 Å². The maximum absolute atomic E-state index is 12.0. The number of esters is 1. The zero-order valence-electron chi connectivity index (χ0n) is 14.0. The van der Waals surface area contributed by atoms with Gasteiger partial charge in [0.05, 0.1) is 17.1 Å². The van der Waals surface area contributed by atoms with Gasteiger partial charge in [0.15, 0.2) is 6.61 Å². The number of halogens is 1. The number of hydrogen-bond acceptors (Lipinski definition) is 3. The fourth-order valence-electron chi connectivity index (χ4n) is 2.41. The van der Waals surface area contributed by atoms with E-state index in [1.54, 1.807) is 6.07 Å². The van der Waals surface area contributed by atoms with Gasteiger partial charge in [-0.3, -0.25) is 9.59 Å². The minimum absolute atomic E-state index is 0.143. The van der Waals surface area contributed by atoms with E-state index in [9.17, 15) is 9.59 Å². The Kier molecular flexibility index (Phi) is 5.99. The standard InChI is InChI=1S/C19H20ClNO3/c1-12-8-14(3)19(16(20)9-12)21-17(22)11-24-18(23)10-15-7-5-4-6-13(15)2/h4-9H,10-11H2,1-3H3,(H,21,22). The van der Waals surface area contributed by atoms with Gasteiger partial charge in [-0.25, -0.2) is 0 Å². The van der Waals surface area contributed by atoms with Crippen LogP contribution in [0.5, 0.6) is 0 Å². The molecule has 0 atom stereocenters. The molecule has 0 bridgehead atoms. The van der Waals surface area contributed by atoms with Crippen LogP contribution in [0.1, 0.15) is 22.3 Å². The highest BCUT2D eigenvalue weighted by Crippen LogP contribution is 2.27. The van der Waals surface area contributed by atoms with Crippen LogP contribution in [0.25, 0.3) is 0 Å². The Bertz CT molecular complexity index is 748. The van der Waals surface area contributed by atoms with Crippen molar-refractivity contribution in [2.24, 2.45) is 0 Å². The Hall–Kier alpha value is -2.33. The topological polar surface area (TPSA) is 55.4 Å². The summed E-state index contributed by atoms with van der Waals surface area (Å²) in [7, 11) is 0. The van der Waals surface area contributed by atoms with Crippen molar-refractivity contribution in [2.75, 3.05) is 11.9 Å². The average molecular weight is 346 g/mol.